The van der Waals surface area contributed by atoms with E-state index in [0.717, 1.165) is 16.0 Å². The molecule has 0 aliphatic heterocycles. The molecule has 0 saturated carbocycles. The Bertz CT molecular complexity index is 362. The molecule has 0 fully saturated rings. The fourth-order valence-electron chi connectivity index (χ4n) is 1.07. The fraction of sp³-hybridized carbons (Fsp3) is 0.364. The largest absolute Gasteiger partial charge is 0.491 e. The summed E-state index contributed by atoms with van der Waals surface area (Å²) in [4.78, 5) is 0. The highest BCUT2D eigenvalue weighted by Gasteiger charge is 2.03. The van der Waals surface area contributed by atoms with Crippen molar-refractivity contribution in [3.8, 4) is 11.8 Å². The van der Waals surface area contributed by atoms with Gasteiger partial charge in [0.25, 0.3) is 0 Å². The lowest BCUT2D eigenvalue weighted by molar-refractivity contribution is 0.343. The monoisotopic (exact) mass is 285 g/mol. The first kappa shape index (κ1) is 12.4. The van der Waals surface area contributed by atoms with Gasteiger partial charge in [-0.05, 0) is 24.0 Å². The average Bonchev–Trinajstić information content (AvgIpc) is 2.26. The van der Waals surface area contributed by atoms with E-state index in [9.17, 15) is 0 Å². The minimum atomic E-state index is 0.575. The smallest absolute Gasteiger partial charge is 0.137 e. The van der Waals surface area contributed by atoms with Gasteiger partial charge in [-0.1, -0.05) is 22.9 Å². The Kier molecular flexibility index (Phi) is 5.59. The number of thioether (sulfide) groups is 1. The molecule has 0 radical (unpaired) electrons. The van der Waals surface area contributed by atoms with Gasteiger partial charge in [-0.2, -0.15) is 17.0 Å². The maximum absolute atomic E-state index is 8.89. The van der Waals surface area contributed by atoms with Gasteiger partial charge < -0.3 is 4.74 Å². The quantitative estimate of drug-likeness (QED) is 0.777. The third-order valence-corrected chi connectivity index (χ3v) is 3.11. The number of ether oxygens (including phenoxy) is 1. The molecule has 2 nitrogen and oxygen atoms in total. The van der Waals surface area contributed by atoms with Crippen LogP contribution >= 0.6 is 27.7 Å². The van der Waals surface area contributed by atoms with Gasteiger partial charge in [-0.15, -0.1) is 0 Å². The highest BCUT2D eigenvalue weighted by atomic mass is 79.9. The Morgan fingerprint density at radius 3 is 3.00 bits per heavy atom. The van der Waals surface area contributed by atoms with Crippen LogP contribution in [0.15, 0.2) is 22.7 Å². The summed E-state index contributed by atoms with van der Waals surface area (Å²) in [6.45, 7) is 2.76. The molecule has 0 amide bonds. The second kappa shape index (κ2) is 6.76. The maximum atomic E-state index is 8.89. The van der Waals surface area contributed by atoms with Crippen LogP contribution in [0.3, 0.4) is 0 Å². The van der Waals surface area contributed by atoms with Crippen molar-refractivity contribution in [2.75, 3.05) is 18.1 Å². The first-order valence-corrected chi connectivity index (χ1v) is 6.63. The van der Waals surface area contributed by atoms with Crippen molar-refractivity contribution in [3.05, 3.63) is 28.2 Å². The topological polar surface area (TPSA) is 33.0 Å². The van der Waals surface area contributed by atoms with Crippen molar-refractivity contribution >= 4 is 27.7 Å². The maximum Gasteiger partial charge on any atom is 0.137 e. The van der Waals surface area contributed by atoms with Crippen LogP contribution in [0.5, 0.6) is 5.75 Å². The number of halogens is 1. The van der Waals surface area contributed by atoms with Crippen LogP contribution in [0.1, 0.15) is 12.5 Å². The summed E-state index contributed by atoms with van der Waals surface area (Å²) >= 11 is 5.15. The number of hydrogen-bond acceptors (Lipinski definition) is 3. The van der Waals surface area contributed by atoms with Gasteiger partial charge in [0.15, 0.2) is 0 Å². The van der Waals surface area contributed by atoms with Crippen molar-refractivity contribution in [2.45, 2.75) is 6.92 Å². The van der Waals surface area contributed by atoms with E-state index in [1.807, 2.05) is 23.9 Å². The summed E-state index contributed by atoms with van der Waals surface area (Å²) in [5.41, 5.74) is 0.575. The van der Waals surface area contributed by atoms with Gasteiger partial charge in [-0.25, -0.2) is 0 Å². The molecule has 0 heterocycles. The third kappa shape index (κ3) is 4.15. The number of benzene rings is 1. The van der Waals surface area contributed by atoms with Gasteiger partial charge in [-0.3, -0.25) is 0 Å². The highest BCUT2D eigenvalue weighted by molar-refractivity contribution is 9.10. The van der Waals surface area contributed by atoms with Gasteiger partial charge in [0.05, 0.1) is 12.2 Å². The summed E-state index contributed by atoms with van der Waals surface area (Å²) in [6, 6.07) is 7.58. The zero-order valence-electron chi connectivity index (χ0n) is 8.50. The van der Waals surface area contributed by atoms with Crippen molar-refractivity contribution in [1.82, 2.24) is 0 Å². The molecule has 0 N–H and O–H groups in total. The van der Waals surface area contributed by atoms with Crippen molar-refractivity contribution in [1.29, 1.82) is 5.26 Å². The van der Waals surface area contributed by atoms with Gasteiger partial charge >= 0.3 is 0 Å². The summed E-state index contributed by atoms with van der Waals surface area (Å²) in [5, 5.41) is 8.89. The molecular formula is C11H12BrNOS. The van der Waals surface area contributed by atoms with Gasteiger partial charge in [0.1, 0.15) is 11.8 Å². The van der Waals surface area contributed by atoms with E-state index in [-0.39, 0.29) is 0 Å². The molecule has 4 heteroatoms. The first-order valence-electron chi connectivity index (χ1n) is 4.68. The minimum absolute atomic E-state index is 0.575. The number of nitriles is 1. The van der Waals surface area contributed by atoms with Gasteiger partial charge in [0.2, 0.25) is 0 Å². The summed E-state index contributed by atoms with van der Waals surface area (Å²) in [7, 11) is 0. The fourth-order valence-corrected chi connectivity index (χ4v) is 1.92. The lowest BCUT2D eigenvalue weighted by Crippen LogP contribution is -2.01. The van der Waals surface area contributed by atoms with E-state index in [1.54, 1.807) is 6.07 Å². The lowest BCUT2D eigenvalue weighted by Gasteiger charge is -2.07. The summed E-state index contributed by atoms with van der Waals surface area (Å²) < 4.78 is 6.42. The predicted molar refractivity (Wildman–Crippen MR) is 67.4 cm³/mol. The van der Waals surface area contributed by atoms with Crippen LogP contribution in [-0.2, 0) is 0 Å². The number of rotatable bonds is 5. The van der Waals surface area contributed by atoms with Crippen molar-refractivity contribution < 1.29 is 4.74 Å². The Hall–Kier alpha value is -0.660. The second-order valence-corrected chi connectivity index (χ2v) is 5.11. The molecule has 0 aliphatic rings. The van der Waals surface area contributed by atoms with Crippen LogP contribution in [0.25, 0.3) is 0 Å². The molecule has 0 atom stereocenters. The van der Waals surface area contributed by atoms with Crippen LogP contribution in [-0.4, -0.2) is 18.1 Å². The molecule has 80 valence electrons. The Labute approximate surface area is 103 Å². The minimum Gasteiger partial charge on any atom is -0.491 e. The SMILES string of the molecule is CCSCCOc1ccc(Br)cc1C#N. The van der Waals surface area contributed by atoms with E-state index in [1.165, 1.54) is 0 Å². The van der Waals surface area contributed by atoms with Crippen LogP contribution in [0, 0.1) is 11.3 Å². The zero-order chi connectivity index (χ0) is 11.1. The Morgan fingerprint density at radius 1 is 1.53 bits per heavy atom. The normalized spacial score (nSPS) is 9.67. The molecule has 0 spiro atoms. The lowest BCUT2D eigenvalue weighted by atomic mass is 10.2. The predicted octanol–water partition coefficient (Wildman–Crippen LogP) is 3.45. The van der Waals surface area contributed by atoms with Crippen LogP contribution in [0.2, 0.25) is 0 Å². The van der Waals surface area contributed by atoms with E-state index >= 15 is 0 Å². The Morgan fingerprint density at radius 2 is 2.33 bits per heavy atom. The standard InChI is InChI=1S/C11H12BrNOS/c1-2-15-6-5-14-11-4-3-10(12)7-9(11)8-13/h3-4,7H,2,5-6H2,1H3. The van der Waals surface area contributed by atoms with Gasteiger partial charge in [0, 0.05) is 10.2 Å². The molecule has 1 aromatic rings. The number of nitrogens with zero attached hydrogens (tertiary/aromatic N) is 1. The molecule has 0 bridgehead atoms. The van der Waals surface area contributed by atoms with E-state index in [2.05, 4.69) is 28.9 Å². The molecule has 1 rings (SSSR count). The molecule has 0 unspecified atom stereocenters. The molecule has 0 aromatic heterocycles. The number of hydrogen-bond donors (Lipinski definition) is 0. The van der Waals surface area contributed by atoms with Crippen molar-refractivity contribution in [3.63, 3.8) is 0 Å². The molecular weight excluding hydrogens is 274 g/mol. The van der Waals surface area contributed by atoms with Crippen LogP contribution < -0.4 is 4.74 Å². The summed E-state index contributed by atoms with van der Waals surface area (Å²) in [6.07, 6.45) is 0. The zero-order valence-corrected chi connectivity index (χ0v) is 10.9. The van der Waals surface area contributed by atoms with E-state index < -0.39 is 0 Å². The molecule has 0 aliphatic carbocycles. The molecule has 15 heavy (non-hydrogen) atoms. The van der Waals surface area contributed by atoms with E-state index in [4.69, 9.17) is 10.00 Å². The summed E-state index contributed by atoms with van der Waals surface area (Å²) in [5.74, 6) is 2.71. The second-order valence-electron chi connectivity index (χ2n) is 2.80. The molecule has 1 aromatic carbocycles. The Balaban J connectivity index is 2.57. The third-order valence-electron chi connectivity index (χ3n) is 1.75. The van der Waals surface area contributed by atoms with Crippen molar-refractivity contribution in [2.24, 2.45) is 0 Å². The average molecular weight is 286 g/mol. The molecule has 0 saturated heterocycles. The first-order chi connectivity index (χ1) is 7.27. The highest BCUT2D eigenvalue weighted by Crippen LogP contribution is 2.22. The van der Waals surface area contributed by atoms with Crippen LogP contribution in [0.4, 0.5) is 0 Å². The van der Waals surface area contributed by atoms with E-state index in [0.29, 0.717) is 17.9 Å².